The van der Waals surface area contributed by atoms with Crippen LogP contribution < -0.4 is 5.73 Å². The Kier molecular flexibility index (Phi) is 6.03. The highest BCUT2D eigenvalue weighted by molar-refractivity contribution is 5.92. The molecule has 1 aromatic carbocycles. The summed E-state index contributed by atoms with van der Waals surface area (Å²) in [4.78, 5) is 35.7. The molecule has 32 heavy (non-hydrogen) atoms. The molecule has 1 atom stereocenters. The molecule has 0 unspecified atom stereocenters. The van der Waals surface area contributed by atoms with Crippen molar-refractivity contribution in [3.63, 3.8) is 0 Å². The molecule has 8 nitrogen and oxygen atoms in total. The van der Waals surface area contributed by atoms with Crippen molar-refractivity contribution in [3.05, 3.63) is 66.1 Å². The van der Waals surface area contributed by atoms with Gasteiger partial charge in [-0.25, -0.2) is 9.97 Å². The summed E-state index contributed by atoms with van der Waals surface area (Å²) < 4.78 is 5.29. The van der Waals surface area contributed by atoms with Crippen LogP contribution in [0.3, 0.4) is 0 Å². The molecule has 1 aliphatic heterocycles. The molecule has 1 aliphatic rings. The number of rotatable bonds is 6. The smallest absolute Gasteiger partial charge is 0.292 e. The number of carbonyl (C=O) groups is 2. The third kappa shape index (κ3) is 4.26. The number of aromatic nitrogens is 3. The van der Waals surface area contributed by atoms with E-state index in [-0.39, 0.29) is 24.1 Å². The maximum atomic E-state index is 13.1. The number of amides is 2. The van der Waals surface area contributed by atoms with E-state index in [4.69, 9.17) is 10.3 Å². The highest BCUT2D eigenvalue weighted by Crippen LogP contribution is 2.37. The summed E-state index contributed by atoms with van der Waals surface area (Å²) in [7, 11) is 0. The minimum atomic E-state index is -0.874. The molecule has 4 rings (SSSR count). The van der Waals surface area contributed by atoms with Crippen molar-refractivity contribution in [1.29, 1.82) is 0 Å². The zero-order valence-electron chi connectivity index (χ0n) is 18.3. The van der Waals surface area contributed by atoms with Crippen LogP contribution >= 0.6 is 0 Å². The molecule has 0 spiro atoms. The van der Waals surface area contributed by atoms with E-state index in [1.165, 1.54) is 6.33 Å². The second kappa shape index (κ2) is 8.90. The second-order valence-corrected chi connectivity index (χ2v) is 8.71. The van der Waals surface area contributed by atoms with Crippen LogP contribution in [0.1, 0.15) is 54.4 Å². The van der Waals surface area contributed by atoms with Gasteiger partial charge in [0.25, 0.3) is 5.91 Å². The Balaban J connectivity index is 1.62. The zero-order chi connectivity index (χ0) is 22.7. The summed E-state index contributed by atoms with van der Waals surface area (Å²) >= 11 is 0. The summed E-state index contributed by atoms with van der Waals surface area (Å²) in [5.74, 6) is -0.324. The standard InChI is InChI=1S/C24H27N5O3/c1-16(2)20-10-21(32-28-20)22(30)29-9-5-8-24(14-29,23(25)31)11-17-6-3-4-7-19(17)18-12-26-15-27-13-18/h3-4,6-7,10,12-13,15-16H,5,8-9,11,14H2,1-2H3,(H2,25,31)/t24-/m1/s1. The van der Waals surface area contributed by atoms with Gasteiger partial charge in [-0.2, -0.15) is 0 Å². The van der Waals surface area contributed by atoms with Crippen molar-refractivity contribution in [2.24, 2.45) is 11.1 Å². The Morgan fingerprint density at radius 2 is 1.97 bits per heavy atom. The number of benzene rings is 1. The van der Waals surface area contributed by atoms with Gasteiger partial charge in [0.05, 0.1) is 11.1 Å². The fourth-order valence-electron chi connectivity index (χ4n) is 4.31. The van der Waals surface area contributed by atoms with E-state index in [2.05, 4.69) is 15.1 Å². The molecule has 0 bridgehead atoms. The maximum absolute atomic E-state index is 13.1. The molecule has 2 aromatic heterocycles. The number of nitrogens with two attached hydrogens (primary N) is 1. The maximum Gasteiger partial charge on any atom is 0.292 e. The van der Waals surface area contributed by atoms with E-state index in [9.17, 15) is 9.59 Å². The lowest BCUT2D eigenvalue weighted by Gasteiger charge is -2.40. The van der Waals surface area contributed by atoms with Crippen molar-refractivity contribution < 1.29 is 14.1 Å². The highest BCUT2D eigenvalue weighted by atomic mass is 16.5. The van der Waals surface area contributed by atoms with E-state index in [0.717, 1.165) is 22.4 Å². The number of hydrogen-bond acceptors (Lipinski definition) is 6. The number of piperidine rings is 1. The number of likely N-dealkylation sites (tertiary alicyclic amines) is 1. The van der Waals surface area contributed by atoms with Crippen molar-refractivity contribution in [2.45, 2.75) is 39.0 Å². The van der Waals surface area contributed by atoms with Crippen molar-refractivity contribution in [1.82, 2.24) is 20.0 Å². The molecule has 1 fully saturated rings. The summed E-state index contributed by atoms with van der Waals surface area (Å²) in [6, 6.07) is 9.52. The monoisotopic (exact) mass is 433 g/mol. The lowest BCUT2D eigenvalue weighted by atomic mass is 9.73. The van der Waals surface area contributed by atoms with Crippen LogP contribution in [0.4, 0.5) is 0 Å². The SMILES string of the molecule is CC(C)c1cc(C(=O)N2CCC[C@](Cc3ccccc3-c3cncnc3)(C(N)=O)C2)on1. The number of carbonyl (C=O) groups excluding carboxylic acids is 2. The number of hydrogen-bond donors (Lipinski definition) is 1. The Bertz CT molecular complexity index is 1110. The predicted molar refractivity (Wildman–Crippen MR) is 119 cm³/mol. The van der Waals surface area contributed by atoms with Gasteiger partial charge in [-0.1, -0.05) is 43.3 Å². The highest BCUT2D eigenvalue weighted by Gasteiger charge is 2.43. The third-order valence-corrected chi connectivity index (χ3v) is 6.14. The van der Waals surface area contributed by atoms with Gasteiger partial charge < -0.3 is 15.2 Å². The van der Waals surface area contributed by atoms with Gasteiger partial charge in [-0.3, -0.25) is 9.59 Å². The van der Waals surface area contributed by atoms with E-state index in [1.807, 2.05) is 38.1 Å². The second-order valence-electron chi connectivity index (χ2n) is 8.71. The zero-order valence-corrected chi connectivity index (χ0v) is 18.3. The molecule has 0 aliphatic carbocycles. The van der Waals surface area contributed by atoms with Crippen LogP contribution in [0.2, 0.25) is 0 Å². The first kappa shape index (κ1) is 21.7. The van der Waals surface area contributed by atoms with E-state index >= 15 is 0 Å². The Morgan fingerprint density at radius 1 is 1.22 bits per heavy atom. The van der Waals surface area contributed by atoms with Crippen LogP contribution in [0.15, 0.2) is 53.6 Å². The summed E-state index contributed by atoms with van der Waals surface area (Å²) in [6.45, 7) is 4.75. The molecule has 166 valence electrons. The molecule has 3 heterocycles. The molecule has 0 radical (unpaired) electrons. The average molecular weight is 434 g/mol. The van der Waals surface area contributed by atoms with Gasteiger partial charge in [-0.15, -0.1) is 0 Å². The molecule has 2 amide bonds. The average Bonchev–Trinajstić information content (AvgIpc) is 3.30. The summed E-state index contributed by atoms with van der Waals surface area (Å²) in [5, 5.41) is 3.99. The predicted octanol–water partition coefficient (Wildman–Crippen LogP) is 3.21. The fraction of sp³-hybridized carbons (Fsp3) is 0.375. The fourth-order valence-corrected chi connectivity index (χ4v) is 4.31. The van der Waals surface area contributed by atoms with Crippen LogP contribution in [0, 0.1) is 5.41 Å². The van der Waals surface area contributed by atoms with Gasteiger partial charge in [0, 0.05) is 37.1 Å². The van der Waals surface area contributed by atoms with E-state index in [1.54, 1.807) is 23.4 Å². The number of nitrogens with zero attached hydrogens (tertiary/aromatic N) is 4. The normalized spacial score (nSPS) is 18.7. The molecule has 2 N–H and O–H groups in total. The quantitative estimate of drug-likeness (QED) is 0.638. The molecule has 3 aromatic rings. The summed E-state index contributed by atoms with van der Waals surface area (Å²) in [6.07, 6.45) is 6.68. The van der Waals surface area contributed by atoms with Crippen LogP contribution in [-0.4, -0.2) is 44.9 Å². The first-order valence-corrected chi connectivity index (χ1v) is 10.8. The first-order chi connectivity index (χ1) is 15.4. The van der Waals surface area contributed by atoms with Gasteiger partial charge in [-0.05, 0) is 36.3 Å². The molecule has 1 saturated heterocycles. The van der Waals surface area contributed by atoms with Gasteiger partial charge in [0.1, 0.15) is 6.33 Å². The molecule has 0 saturated carbocycles. The molecular weight excluding hydrogens is 406 g/mol. The topological polar surface area (TPSA) is 115 Å². The van der Waals surface area contributed by atoms with Gasteiger partial charge >= 0.3 is 0 Å². The molecular formula is C24H27N5O3. The minimum Gasteiger partial charge on any atom is -0.369 e. The van der Waals surface area contributed by atoms with Crippen molar-refractivity contribution >= 4 is 11.8 Å². The first-order valence-electron chi connectivity index (χ1n) is 10.8. The Hall–Kier alpha value is -3.55. The summed E-state index contributed by atoms with van der Waals surface area (Å²) in [5.41, 5.74) is 8.59. The largest absolute Gasteiger partial charge is 0.369 e. The van der Waals surface area contributed by atoms with Crippen LogP contribution in [0.5, 0.6) is 0 Å². The Labute approximate surface area is 186 Å². The lowest BCUT2D eigenvalue weighted by molar-refractivity contribution is -0.130. The molecule has 8 heteroatoms. The van der Waals surface area contributed by atoms with Gasteiger partial charge in [0.2, 0.25) is 11.7 Å². The van der Waals surface area contributed by atoms with E-state index < -0.39 is 11.3 Å². The van der Waals surface area contributed by atoms with Gasteiger partial charge in [0.15, 0.2) is 0 Å². The lowest BCUT2D eigenvalue weighted by Crippen LogP contribution is -2.53. The van der Waals surface area contributed by atoms with Crippen LogP contribution in [0.25, 0.3) is 11.1 Å². The van der Waals surface area contributed by atoms with Crippen molar-refractivity contribution in [2.75, 3.05) is 13.1 Å². The van der Waals surface area contributed by atoms with Crippen molar-refractivity contribution in [3.8, 4) is 11.1 Å². The Morgan fingerprint density at radius 3 is 2.66 bits per heavy atom. The third-order valence-electron chi connectivity index (χ3n) is 6.14. The van der Waals surface area contributed by atoms with Crippen LogP contribution in [-0.2, 0) is 11.2 Å². The number of primary amides is 1. The van der Waals surface area contributed by atoms with E-state index in [0.29, 0.717) is 25.8 Å². The minimum absolute atomic E-state index is 0.157.